The summed E-state index contributed by atoms with van der Waals surface area (Å²) in [6, 6.07) is 5.04. The summed E-state index contributed by atoms with van der Waals surface area (Å²) in [6.45, 7) is 1.56. The average Bonchev–Trinajstić information content (AvgIpc) is 2.17. The van der Waals surface area contributed by atoms with Crippen LogP contribution in [0.3, 0.4) is 0 Å². The number of nitrogens with two attached hydrogens (primary N) is 1. The molecule has 1 atom stereocenters. The van der Waals surface area contributed by atoms with Gasteiger partial charge in [-0.05, 0) is 17.7 Å². The molecule has 1 aromatic rings. The van der Waals surface area contributed by atoms with E-state index in [2.05, 4.69) is 0 Å². The Bertz CT molecular complexity index is 431. The van der Waals surface area contributed by atoms with Crippen molar-refractivity contribution in [2.45, 2.75) is 13.0 Å². The van der Waals surface area contributed by atoms with Gasteiger partial charge in [0.1, 0.15) is 5.82 Å². The van der Waals surface area contributed by atoms with Gasteiger partial charge >= 0.3 is 0 Å². The number of sulfone groups is 1. The molecule has 5 heteroatoms. The lowest BCUT2D eigenvalue weighted by atomic mass is 10.1. The Kier molecular flexibility index (Phi) is 3.82. The Morgan fingerprint density at radius 3 is 2.67 bits per heavy atom. The Hall–Kier alpha value is -0.940. The Labute approximate surface area is 89.0 Å². The third-order valence-corrected chi connectivity index (χ3v) is 3.90. The van der Waals surface area contributed by atoms with Crippen LogP contribution in [0.1, 0.15) is 18.5 Å². The first kappa shape index (κ1) is 12.1. The zero-order valence-corrected chi connectivity index (χ0v) is 9.30. The molecule has 84 valence electrons. The van der Waals surface area contributed by atoms with Crippen LogP contribution < -0.4 is 5.73 Å². The highest BCUT2D eigenvalue weighted by Gasteiger charge is 2.15. The number of benzene rings is 1. The van der Waals surface area contributed by atoms with E-state index in [0.29, 0.717) is 5.56 Å². The van der Waals surface area contributed by atoms with E-state index in [1.165, 1.54) is 18.2 Å². The maximum Gasteiger partial charge on any atom is 0.151 e. The lowest BCUT2D eigenvalue weighted by Crippen LogP contribution is -2.22. The van der Waals surface area contributed by atoms with Crippen LogP contribution in [0.15, 0.2) is 24.3 Å². The number of halogens is 1. The SMILES string of the molecule is CCS(=O)(=O)C[C@H](N)c1cccc(F)c1. The van der Waals surface area contributed by atoms with E-state index in [1.54, 1.807) is 13.0 Å². The summed E-state index contributed by atoms with van der Waals surface area (Å²) in [5.74, 6) is -0.500. The van der Waals surface area contributed by atoms with Gasteiger partial charge in [0, 0.05) is 11.8 Å². The van der Waals surface area contributed by atoms with Crippen molar-refractivity contribution in [3.05, 3.63) is 35.6 Å². The Morgan fingerprint density at radius 1 is 1.47 bits per heavy atom. The molecule has 0 saturated heterocycles. The predicted octanol–water partition coefficient (Wildman–Crippen LogP) is 1.26. The van der Waals surface area contributed by atoms with E-state index in [9.17, 15) is 12.8 Å². The van der Waals surface area contributed by atoms with E-state index >= 15 is 0 Å². The summed E-state index contributed by atoms with van der Waals surface area (Å²) in [7, 11) is -3.13. The van der Waals surface area contributed by atoms with Crippen molar-refractivity contribution in [1.82, 2.24) is 0 Å². The Balaban J connectivity index is 2.82. The summed E-state index contributed by atoms with van der Waals surface area (Å²) in [5.41, 5.74) is 6.19. The van der Waals surface area contributed by atoms with Crippen LogP contribution in [0.4, 0.5) is 4.39 Å². The largest absolute Gasteiger partial charge is 0.323 e. The van der Waals surface area contributed by atoms with Crippen molar-refractivity contribution in [3.8, 4) is 0 Å². The second kappa shape index (κ2) is 4.72. The molecule has 0 aliphatic heterocycles. The first-order valence-electron chi connectivity index (χ1n) is 4.66. The van der Waals surface area contributed by atoms with Crippen LogP contribution in [0.5, 0.6) is 0 Å². The second-order valence-electron chi connectivity index (χ2n) is 3.36. The molecule has 3 nitrogen and oxygen atoms in total. The fourth-order valence-electron chi connectivity index (χ4n) is 1.22. The van der Waals surface area contributed by atoms with Crippen molar-refractivity contribution in [1.29, 1.82) is 0 Å². The standard InChI is InChI=1S/C10H14FNO2S/c1-2-15(13,14)7-10(12)8-4-3-5-9(11)6-8/h3-6,10H,2,7,12H2,1H3/t10-/m0/s1. The smallest absolute Gasteiger partial charge is 0.151 e. The predicted molar refractivity (Wildman–Crippen MR) is 57.7 cm³/mol. The van der Waals surface area contributed by atoms with Crippen LogP contribution in [-0.2, 0) is 9.84 Å². The summed E-state index contributed by atoms with van der Waals surface area (Å²) in [5, 5.41) is 0. The van der Waals surface area contributed by atoms with E-state index in [4.69, 9.17) is 5.73 Å². The summed E-state index contributed by atoms with van der Waals surface area (Å²) in [4.78, 5) is 0. The molecule has 0 radical (unpaired) electrons. The third kappa shape index (κ3) is 3.60. The van der Waals surface area contributed by atoms with Crippen molar-refractivity contribution in [2.24, 2.45) is 5.73 Å². The van der Waals surface area contributed by atoms with Crippen LogP contribution >= 0.6 is 0 Å². The van der Waals surface area contributed by atoms with Crippen LogP contribution in [-0.4, -0.2) is 19.9 Å². The highest BCUT2D eigenvalue weighted by atomic mass is 32.2. The number of rotatable bonds is 4. The number of hydrogen-bond acceptors (Lipinski definition) is 3. The maximum atomic E-state index is 12.8. The summed E-state index contributed by atoms with van der Waals surface area (Å²) < 4.78 is 35.4. The molecule has 0 spiro atoms. The third-order valence-electron chi connectivity index (χ3n) is 2.15. The monoisotopic (exact) mass is 231 g/mol. The zero-order chi connectivity index (χ0) is 11.5. The molecule has 0 saturated carbocycles. The lowest BCUT2D eigenvalue weighted by molar-refractivity contribution is 0.588. The van der Waals surface area contributed by atoms with Gasteiger partial charge < -0.3 is 5.73 Å². The molecule has 0 bridgehead atoms. The molecule has 0 aromatic heterocycles. The quantitative estimate of drug-likeness (QED) is 0.848. The summed E-state index contributed by atoms with van der Waals surface area (Å²) >= 11 is 0. The molecule has 0 amide bonds. The van der Waals surface area contributed by atoms with Gasteiger partial charge in [-0.15, -0.1) is 0 Å². The van der Waals surface area contributed by atoms with E-state index in [-0.39, 0.29) is 11.5 Å². The molecule has 0 aliphatic rings. The van der Waals surface area contributed by atoms with Crippen LogP contribution in [0.25, 0.3) is 0 Å². The normalized spacial score (nSPS) is 13.8. The molecule has 0 fully saturated rings. The van der Waals surface area contributed by atoms with Crippen LogP contribution in [0.2, 0.25) is 0 Å². The second-order valence-corrected chi connectivity index (χ2v) is 5.76. The zero-order valence-electron chi connectivity index (χ0n) is 8.48. The van der Waals surface area contributed by atoms with Crippen molar-refractivity contribution in [2.75, 3.05) is 11.5 Å². The lowest BCUT2D eigenvalue weighted by Gasteiger charge is -2.11. The Morgan fingerprint density at radius 2 is 2.13 bits per heavy atom. The molecule has 1 aromatic carbocycles. The molecular formula is C10H14FNO2S. The fraction of sp³-hybridized carbons (Fsp3) is 0.400. The molecule has 0 aliphatic carbocycles. The number of hydrogen-bond donors (Lipinski definition) is 1. The van der Waals surface area contributed by atoms with Gasteiger partial charge in [0.05, 0.1) is 5.75 Å². The average molecular weight is 231 g/mol. The minimum absolute atomic E-state index is 0.0516. The van der Waals surface area contributed by atoms with Gasteiger partial charge in [0.25, 0.3) is 0 Å². The van der Waals surface area contributed by atoms with Gasteiger partial charge in [-0.3, -0.25) is 0 Å². The molecule has 0 heterocycles. The highest BCUT2D eigenvalue weighted by Crippen LogP contribution is 2.13. The molecule has 15 heavy (non-hydrogen) atoms. The fourth-order valence-corrected chi connectivity index (χ4v) is 2.20. The molecule has 1 rings (SSSR count). The van der Waals surface area contributed by atoms with Crippen molar-refractivity contribution in [3.63, 3.8) is 0 Å². The molecule has 2 N–H and O–H groups in total. The van der Waals surface area contributed by atoms with Gasteiger partial charge in [0.15, 0.2) is 9.84 Å². The maximum absolute atomic E-state index is 12.8. The van der Waals surface area contributed by atoms with Gasteiger partial charge in [-0.25, -0.2) is 12.8 Å². The first-order chi connectivity index (χ1) is 6.94. The molecule has 0 unspecified atom stereocenters. The minimum Gasteiger partial charge on any atom is -0.323 e. The minimum atomic E-state index is -3.13. The highest BCUT2D eigenvalue weighted by molar-refractivity contribution is 7.91. The topological polar surface area (TPSA) is 60.2 Å². The van der Waals surface area contributed by atoms with Crippen LogP contribution in [0, 0.1) is 5.82 Å². The van der Waals surface area contributed by atoms with E-state index in [1.807, 2.05) is 0 Å². The van der Waals surface area contributed by atoms with Gasteiger partial charge in [0.2, 0.25) is 0 Å². The van der Waals surface area contributed by atoms with E-state index < -0.39 is 21.7 Å². The van der Waals surface area contributed by atoms with Crippen molar-refractivity contribution < 1.29 is 12.8 Å². The van der Waals surface area contributed by atoms with Crippen molar-refractivity contribution >= 4 is 9.84 Å². The van der Waals surface area contributed by atoms with E-state index in [0.717, 1.165) is 0 Å². The molecular weight excluding hydrogens is 217 g/mol. The van der Waals surface area contributed by atoms with Gasteiger partial charge in [-0.1, -0.05) is 19.1 Å². The first-order valence-corrected chi connectivity index (χ1v) is 6.48. The van der Waals surface area contributed by atoms with Gasteiger partial charge in [-0.2, -0.15) is 0 Å². The summed E-state index contributed by atoms with van der Waals surface area (Å²) in [6.07, 6.45) is 0.